The fraction of sp³-hybridized carbons (Fsp3) is 0. The van der Waals surface area contributed by atoms with E-state index in [2.05, 4.69) is 30.4 Å². The first kappa shape index (κ1) is 19.3. The summed E-state index contributed by atoms with van der Waals surface area (Å²) in [4.78, 5) is 31.8. The van der Waals surface area contributed by atoms with Crippen LogP contribution in [0.2, 0.25) is 0 Å². The van der Waals surface area contributed by atoms with Crippen molar-refractivity contribution >= 4 is 12.6 Å². The van der Waals surface area contributed by atoms with Crippen molar-refractivity contribution in [1.29, 1.82) is 0 Å². The Bertz CT molecular complexity index is 1330. The van der Waals surface area contributed by atoms with E-state index < -0.39 is 0 Å². The molecule has 0 bridgehead atoms. The van der Waals surface area contributed by atoms with Gasteiger partial charge in [0.05, 0.1) is 0 Å². The van der Waals surface area contributed by atoms with Crippen LogP contribution in [0.25, 0.3) is 45.6 Å². The van der Waals surface area contributed by atoms with E-state index in [4.69, 9.17) is 0 Å². The second kappa shape index (κ2) is 8.19. The predicted octanol–water partition coefficient (Wildman–Crippen LogP) is 4.22. The van der Waals surface area contributed by atoms with Gasteiger partial charge in [0.25, 0.3) is 0 Å². The summed E-state index contributed by atoms with van der Waals surface area (Å²) < 4.78 is 0. The van der Waals surface area contributed by atoms with Crippen molar-refractivity contribution < 1.29 is 9.59 Å². The van der Waals surface area contributed by atoms with Gasteiger partial charge in [0.1, 0.15) is 0 Å². The maximum Gasteiger partial charge on any atom is 0.181 e. The normalized spacial score (nSPS) is 10.8. The van der Waals surface area contributed by atoms with Gasteiger partial charge in [-0.3, -0.25) is 19.8 Å². The molecule has 3 aromatic carbocycles. The van der Waals surface area contributed by atoms with Crippen LogP contribution in [0.3, 0.4) is 0 Å². The topological polar surface area (TPSA) is 117 Å². The van der Waals surface area contributed by atoms with Gasteiger partial charge in [0.2, 0.25) is 0 Å². The Balaban J connectivity index is 1.48. The van der Waals surface area contributed by atoms with Crippen molar-refractivity contribution in [3.63, 3.8) is 0 Å². The lowest BCUT2D eigenvalue weighted by atomic mass is 10.1. The van der Waals surface area contributed by atoms with Crippen molar-refractivity contribution in [3.05, 3.63) is 83.9 Å². The molecule has 0 radical (unpaired) electrons. The molecule has 0 aliphatic carbocycles. The van der Waals surface area contributed by atoms with Crippen LogP contribution in [0.5, 0.6) is 0 Å². The lowest BCUT2D eigenvalue weighted by molar-refractivity contribution is 0.111. The number of hydrogen-bond acceptors (Lipinski definition) is 6. The Morgan fingerprint density at radius 1 is 0.594 bits per heavy atom. The van der Waals surface area contributed by atoms with Gasteiger partial charge in [-0.1, -0.05) is 66.7 Å². The van der Waals surface area contributed by atoms with E-state index in [1.165, 1.54) is 0 Å². The second-order valence-electron chi connectivity index (χ2n) is 7.01. The smallest absolute Gasteiger partial charge is 0.181 e. The van der Waals surface area contributed by atoms with Gasteiger partial charge in [-0.25, -0.2) is 9.97 Å². The molecule has 5 aromatic rings. The molecule has 0 spiro atoms. The van der Waals surface area contributed by atoms with Gasteiger partial charge in [-0.2, -0.15) is 10.2 Å². The van der Waals surface area contributed by atoms with Crippen LogP contribution in [0.1, 0.15) is 20.7 Å². The summed E-state index contributed by atoms with van der Waals surface area (Å²) >= 11 is 0. The first-order valence-corrected chi connectivity index (χ1v) is 9.81. The zero-order valence-electron chi connectivity index (χ0n) is 16.7. The number of nitrogens with zero attached hydrogens (tertiary/aromatic N) is 4. The average molecular weight is 420 g/mol. The van der Waals surface area contributed by atoms with Crippen LogP contribution in [0, 0.1) is 0 Å². The minimum Gasteiger partial charge on any atom is -0.298 e. The van der Waals surface area contributed by atoms with Crippen LogP contribution < -0.4 is 0 Å². The number of aromatic amines is 2. The quantitative estimate of drug-likeness (QED) is 0.397. The number of rotatable bonds is 6. The Morgan fingerprint density at radius 3 is 1.53 bits per heavy atom. The van der Waals surface area contributed by atoms with Crippen LogP contribution in [0.15, 0.2) is 72.8 Å². The first-order chi connectivity index (χ1) is 15.8. The van der Waals surface area contributed by atoms with Crippen LogP contribution >= 0.6 is 0 Å². The summed E-state index contributed by atoms with van der Waals surface area (Å²) in [6.07, 6.45) is 1.59. The summed E-state index contributed by atoms with van der Waals surface area (Å²) in [6.45, 7) is 0. The molecule has 154 valence electrons. The summed E-state index contributed by atoms with van der Waals surface area (Å²) in [5.41, 5.74) is 3.98. The minimum absolute atomic E-state index is 0.490. The van der Waals surface area contributed by atoms with E-state index in [9.17, 15) is 9.59 Å². The van der Waals surface area contributed by atoms with Crippen molar-refractivity contribution in [2.24, 2.45) is 0 Å². The van der Waals surface area contributed by atoms with E-state index >= 15 is 0 Å². The van der Waals surface area contributed by atoms with Gasteiger partial charge >= 0.3 is 0 Å². The molecule has 8 heteroatoms. The number of aromatic nitrogens is 6. The molecule has 2 N–H and O–H groups in total. The molecule has 32 heavy (non-hydrogen) atoms. The Kier molecular flexibility index (Phi) is 4.93. The van der Waals surface area contributed by atoms with Crippen LogP contribution in [-0.2, 0) is 0 Å². The summed E-state index contributed by atoms with van der Waals surface area (Å²) in [5, 5.41) is 14.4. The fourth-order valence-electron chi connectivity index (χ4n) is 3.45. The Hall–Kier alpha value is -4.72. The van der Waals surface area contributed by atoms with Gasteiger partial charge in [0.15, 0.2) is 35.9 Å². The number of carbonyl (C=O) groups excluding carboxylic acids is 2. The highest BCUT2D eigenvalue weighted by Gasteiger charge is 2.14. The summed E-state index contributed by atoms with van der Waals surface area (Å²) in [6, 6.07) is 21.9. The number of aldehydes is 2. The molecule has 5 rings (SSSR count). The molecule has 0 fully saturated rings. The predicted molar refractivity (Wildman–Crippen MR) is 119 cm³/mol. The molecule has 0 aliphatic rings. The molecule has 2 heterocycles. The van der Waals surface area contributed by atoms with Gasteiger partial charge in [-0.05, 0) is 6.07 Å². The number of benzene rings is 3. The molecule has 8 nitrogen and oxygen atoms in total. The third-order valence-electron chi connectivity index (χ3n) is 5.04. The lowest BCUT2D eigenvalue weighted by Crippen LogP contribution is -1.89. The van der Waals surface area contributed by atoms with E-state index in [1.807, 2.05) is 48.5 Å². The van der Waals surface area contributed by atoms with Gasteiger partial charge in [0, 0.05) is 33.4 Å². The zero-order chi connectivity index (χ0) is 21.9. The van der Waals surface area contributed by atoms with E-state index in [-0.39, 0.29) is 0 Å². The zero-order valence-corrected chi connectivity index (χ0v) is 16.7. The fourth-order valence-corrected chi connectivity index (χ4v) is 3.45. The van der Waals surface area contributed by atoms with Gasteiger partial charge in [-0.15, -0.1) is 0 Å². The molecular formula is C24H16N6O2. The number of carbonyl (C=O) groups is 2. The lowest BCUT2D eigenvalue weighted by Gasteiger charge is -2.00. The molecule has 0 saturated heterocycles. The molecule has 0 atom stereocenters. The van der Waals surface area contributed by atoms with Crippen LogP contribution in [0.4, 0.5) is 0 Å². The molecular weight excluding hydrogens is 404 g/mol. The van der Waals surface area contributed by atoms with Crippen molar-refractivity contribution in [2.75, 3.05) is 0 Å². The number of nitrogens with one attached hydrogen (secondary N) is 2. The third kappa shape index (κ3) is 3.50. The van der Waals surface area contributed by atoms with Crippen molar-refractivity contribution in [3.8, 4) is 45.6 Å². The molecule has 0 amide bonds. The summed E-state index contributed by atoms with van der Waals surface area (Å²) in [5.74, 6) is 2.01. The highest BCUT2D eigenvalue weighted by molar-refractivity contribution is 5.86. The highest BCUT2D eigenvalue weighted by Crippen LogP contribution is 2.27. The average Bonchev–Trinajstić information content (AvgIpc) is 3.54. The van der Waals surface area contributed by atoms with E-state index in [1.54, 1.807) is 24.3 Å². The maximum atomic E-state index is 11.3. The highest BCUT2D eigenvalue weighted by atomic mass is 16.1. The van der Waals surface area contributed by atoms with E-state index in [0.717, 1.165) is 23.7 Å². The number of H-pyrrole nitrogens is 2. The third-order valence-corrected chi connectivity index (χ3v) is 5.04. The standard InChI is InChI=1S/C24H16N6O2/c31-13-17-6-1-3-10-19(17)23-25-21(27-29-23)15-8-5-9-16(12-15)22-26-24(30-28-22)20-11-4-2-7-18(20)14-32/h1-14H,(H,25,27,29)(H,26,28,30). The largest absolute Gasteiger partial charge is 0.298 e. The van der Waals surface area contributed by atoms with E-state index in [0.29, 0.717) is 45.6 Å². The summed E-state index contributed by atoms with van der Waals surface area (Å²) in [7, 11) is 0. The molecule has 0 aliphatic heterocycles. The SMILES string of the molecule is O=Cc1ccccc1-c1nc(-c2cccc(-c3n[nH]c(-c4ccccc4C=O)n3)c2)n[nH]1. The first-order valence-electron chi connectivity index (χ1n) is 9.81. The Morgan fingerprint density at radius 2 is 1.06 bits per heavy atom. The molecule has 0 unspecified atom stereocenters. The Labute approximate surface area is 182 Å². The van der Waals surface area contributed by atoms with Crippen LogP contribution in [-0.4, -0.2) is 42.9 Å². The molecule has 0 saturated carbocycles. The van der Waals surface area contributed by atoms with Crippen molar-refractivity contribution in [2.45, 2.75) is 0 Å². The monoisotopic (exact) mass is 420 g/mol. The number of hydrogen-bond donors (Lipinski definition) is 2. The maximum absolute atomic E-state index is 11.3. The van der Waals surface area contributed by atoms with Gasteiger partial charge < -0.3 is 0 Å². The van der Waals surface area contributed by atoms with Crippen molar-refractivity contribution in [1.82, 2.24) is 30.4 Å². The second-order valence-corrected chi connectivity index (χ2v) is 7.01. The molecule has 2 aromatic heterocycles. The minimum atomic E-state index is 0.490.